The van der Waals surface area contributed by atoms with Gasteiger partial charge in [0.05, 0.1) is 15.9 Å². The van der Waals surface area contributed by atoms with Crippen LogP contribution in [0.25, 0.3) is 0 Å². The summed E-state index contributed by atoms with van der Waals surface area (Å²) in [4.78, 5) is 11.5. The van der Waals surface area contributed by atoms with E-state index in [1.807, 2.05) is 6.07 Å². The van der Waals surface area contributed by atoms with Crippen LogP contribution in [0.15, 0.2) is 82.6 Å². The van der Waals surface area contributed by atoms with Gasteiger partial charge >= 0.3 is 0 Å². The number of hydrogen-bond donors (Lipinski definition) is 3. The molecule has 0 unspecified atom stereocenters. The molecule has 3 aromatic carbocycles. The van der Waals surface area contributed by atoms with E-state index in [1.165, 1.54) is 19.1 Å². The molecule has 0 aliphatic heterocycles. The number of halogens is 1. The fourth-order valence-electron chi connectivity index (χ4n) is 3.22. The minimum atomic E-state index is -3.70. The molecule has 8 heteroatoms. The van der Waals surface area contributed by atoms with E-state index in [1.54, 1.807) is 54.6 Å². The van der Waals surface area contributed by atoms with E-state index >= 15 is 0 Å². The number of sulfone groups is 1. The second-order valence-electron chi connectivity index (χ2n) is 7.38. The van der Waals surface area contributed by atoms with Crippen LogP contribution in [0.3, 0.4) is 0 Å². The lowest BCUT2D eigenvalue weighted by Gasteiger charge is -2.13. The van der Waals surface area contributed by atoms with Crippen LogP contribution in [-0.2, 0) is 21.1 Å². The maximum atomic E-state index is 12.9. The average molecular weight is 473 g/mol. The van der Waals surface area contributed by atoms with Crippen molar-refractivity contribution in [3.8, 4) is 0 Å². The lowest BCUT2D eigenvalue weighted by atomic mass is 10.1. The summed E-state index contributed by atoms with van der Waals surface area (Å²) in [5, 5.41) is 16.6. The molecule has 1 atom stereocenters. The summed E-state index contributed by atoms with van der Waals surface area (Å²) in [6, 6.07) is 20.0. The summed E-state index contributed by atoms with van der Waals surface area (Å²) < 4.78 is 25.8. The normalized spacial score (nSPS) is 12.3. The Balaban J connectivity index is 1.57. The lowest BCUT2D eigenvalue weighted by molar-refractivity contribution is -0.114. The van der Waals surface area contributed by atoms with Crippen molar-refractivity contribution in [2.75, 3.05) is 18.4 Å². The number of hydrogen-bond acceptors (Lipinski definition) is 5. The molecule has 0 saturated carbocycles. The van der Waals surface area contributed by atoms with E-state index in [0.29, 0.717) is 30.2 Å². The number of amides is 1. The Hall–Kier alpha value is -2.71. The largest absolute Gasteiger partial charge is 0.387 e. The highest BCUT2D eigenvalue weighted by Gasteiger charge is 2.18. The first-order valence-corrected chi connectivity index (χ1v) is 12.0. The number of carbonyl (C=O) groups is 1. The molecule has 0 saturated heterocycles. The summed E-state index contributed by atoms with van der Waals surface area (Å²) in [5.41, 5.74) is 2.16. The van der Waals surface area contributed by atoms with Crippen LogP contribution in [0.5, 0.6) is 0 Å². The third kappa shape index (κ3) is 6.40. The number of anilines is 1. The van der Waals surface area contributed by atoms with Crippen molar-refractivity contribution in [1.82, 2.24) is 5.32 Å². The Bertz CT molecular complexity index is 1180. The Morgan fingerprint density at radius 2 is 1.72 bits per heavy atom. The van der Waals surface area contributed by atoms with E-state index in [9.17, 15) is 18.3 Å². The van der Waals surface area contributed by atoms with Crippen LogP contribution in [0.1, 0.15) is 24.2 Å². The van der Waals surface area contributed by atoms with Crippen LogP contribution in [0, 0.1) is 0 Å². The van der Waals surface area contributed by atoms with Gasteiger partial charge in [0.2, 0.25) is 15.7 Å². The minimum absolute atomic E-state index is 0.119. The van der Waals surface area contributed by atoms with E-state index < -0.39 is 15.9 Å². The van der Waals surface area contributed by atoms with Gasteiger partial charge in [0.25, 0.3) is 0 Å². The molecule has 0 aliphatic carbocycles. The number of benzene rings is 3. The summed E-state index contributed by atoms with van der Waals surface area (Å²) in [7, 11) is -3.70. The van der Waals surface area contributed by atoms with E-state index in [-0.39, 0.29) is 15.7 Å². The van der Waals surface area contributed by atoms with Crippen molar-refractivity contribution in [3.63, 3.8) is 0 Å². The Morgan fingerprint density at radius 1 is 1.00 bits per heavy atom. The van der Waals surface area contributed by atoms with E-state index in [0.717, 1.165) is 11.1 Å². The van der Waals surface area contributed by atoms with Gasteiger partial charge in [-0.05, 0) is 66.6 Å². The van der Waals surface area contributed by atoms with Crippen molar-refractivity contribution in [2.24, 2.45) is 0 Å². The van der Waals surface area contributed by atoms with Gasteiger partial charge in [-0.1, -0.05) is 41.9 Å². The van der Waals surface area contributed by atoms with Crippen LogP contribution in [0.4, 0.5) is 5.69 Å². The second kappa shape index (κ2) is 10.7. The molecule has 0 heterocycles. The van der Waals surface area contributed by atoms with Gasteiger partial charge in [0, 0.05) is 24.2 Å². The van der Waals surface area contributed by atoms with Gasteiger partial charge < -0.3 is 15.7 Å². The SMILES string of the molecule is CC(=O)Nc1cccc(S(=O)(=O)c2ccc(CCNC[C@@H](O)c3cccc(Cl)c3)cc2)c1. The van der Waals surface area contributed by atoms with Crippen LogP contribution in [0.2, 0.25) is 5.02 Å². The number of carbonyl (C=O) groups excluding carboxylic acids is 1. The molecule has 0 aliphatic rings. The first-order chi connectivity index (χ1) is 15.3. The number of nitrogens with one attached hydrogen (secondary N) is 2. The van der Waals surface area contributed by atoms with Crippen molar-refractivity contribution in [1.29, 1.82) is 0 Å². The molecule has 0 aromatic heterocycles. The highest BCUT2D eigenvalue weighted by Crippen LogP contribution is 2.24. The first-order valence-electron chi connectivity index (χ1n) is 10.1. The number of aliphatic hydroxyl groups is 1. The third-order valence-corrected chi connectivity index (χ3v) is 6.86. The molecule has 3 N–H and O–H groups in total. The van der Waals surface area contributed by atoms with Crippen LogP contribution in [-0.4, -0.2) is 32.5 Å². The fraction of sp³-hybridized carbons (Fsp3) is 0.208. The summed E-state index contributed by atoms with van der Waals surface area (Å²) in [6.45, 7) is 2.38. The third-order valence-electron chi connectivity index (χ3n) is 4.86. The zero-order valence-corrected chi connectivity index (χ0v) is 19.2. The molecule has 6 nitrogen and oxygen atoms in total. The Labute approximate surface area is 193 Å². The Kier molecular flexibility index (Phi) is 8.04. The standard InChI is InChI=1S/C24H25ClN2O4S/c1-17(28)27-21-6-3-7-23(15-21)32(30,31)22-10-8-18(9-11-22)12-13-26-16-24(29)19-4-2-5-20(25)14-19/h2-11,14-15,24,26,29H,12-13,16H2,1H3,(H,27,28)/t24-/m1/s1. The predicted octanol–water partition coefficient (Wildman–Crippen LogP) is 4.00. The fourth-order valence-corrected chi connectivity index (χ4v) is 4.72. The van der Waals surface area contributed by atoms with Crippen molar-refractivity contribution in [3.05, 3.63) is 88.9 Å². The van der Waals surface area contributed by atoms with Gasteiger partial charge in [-0.2, -0.15) is 0 Å². The topological polar surface area (TPSA) is 95.5 Å². The van der Waals surface area contributed by atoms with Gasteiger partial charge in [-0.15, -0.1) is 0 Å². The zero-order valence-electron chi connectivity index (χ0n) is 17.6. The number of rotatable bonds is 9. The smallest absolute Gasteiger partial charge is 0.221 e. The molecule has 32 heavy (non-hydrogen) atoms. The van der Waals surface area contributed by atoms with Crippen molar-refractivity contribution < 1.29 is 18.3 Å². The minimum Gasteiger partial charge on any atom is -0.387 e. The van der Waals surface area contributed by atoms with Gasteiger partial charge in [0.15, 0.2) is 0 Å². The van der Waals surface area contributed by atoms with Crippen LogP contribution >= 0.6 is 11.6 Å². The first kappa shape index (κ1) is 23.9. The van der Waals surface area contributed by atoms with Gasteiger partial charge in [0.1, 0.15) is 0 Å². The average Bonchev–Trinajstić information content (AvgIpc) is 2.76. The van der Waals surface area contributed by atoms with Gasteiger partial charge in [-0.3, -0.25) is 4.79 Å². The monoisotopic (exact) mass is 472 g/mol. The van der Waals surface area contributed by atoms with Crippen LogP contribution < -0.4 is 10.6 Å². The second-order valence-corrected chi connectivity index (χ2v) is 9.77. The quantitative estimate of drug-likeness (QED) is 0.409. The van der Waals surface area contributed by atoms with E-state index in [4.69, 9.17) is 11.6 Å². The maximum Gasteiger partial charge on any atom is 0.221 e. The van der Waals surface area contributed by atoms with Gasteiger partial charge in [-0.25, -0.2) is 8.42 Å². The molecule has 3 rings (SSSR count). The molecule has 0 spiro atoms. The van der Waals surface area contributed by atoms with Crippen molar-refractivity contribution >= 4 is 33.0 Å². The summed E-state index contributed by atoms with van der Waals surface area (Å²) in [5.74, 6) is -0.266. The molecular weight excluding hydrogens is 448 g/mol. The molecule has 168 valence electrons. The molecule has 0 bridgehead atoms. The molecule has 0 fully saturated rings. The summed E-state index contributed by atoms with van der Waals surface area (Å²) in [6.07, 6.45) is 0.0233. The molecule has 0 radical (unpaired) electrons. The lowest BCUT2D eigenvalue weighted by Crippen LogP contribution is -2.23. The van der Waals surface area contributed by atoms with Crippen molar-refractivity contribution in [2.45, 2.75) is 29.2 Å². The molecule has 3 aromatic rings. The van der Waals surface area contributed by atoms with E-state index in [2.05, 4.69) is 10.6 Å². The summed E-state index contributed by atoms with van der Waals surface area (Å²) >= 11 is 5.95. The Morgan fingerprint density at radius 3 is 2.41 bits per heavy atom. The highest BCUT2D eigenvalue weighted by atomic mass is 35.5. The zero-order chi connectivity index (χ0) is 23.1. The molecule has 1 amide bonds. The number of aliphatic hydroxyl groups excluding tert-OH is 1. The highest BCUT2D eigenvalue weighted by molar-refractivity contribution is 7.91. The predicted molar refractivity (Wildman–Crippen MR) is 126 cm³/mol. The molecular formula is C24H25ClN2O4S. The maximum absolute atomic E-state index is 12.9.